The highest BCUT2D eigenvalue weighted by Crippen LogP contribution is 2.21. The summed E-state index contributed by atoms with van der Waals surface area (Å²) in [5.74, 6) is 0.814. The van der Waals surface area contributed by atoms with Crippen LogP contribution in [0.25, 0.3) is 6.08 Å². The van der Waals surface area contributed by atoms with Gasteiger partial charge in [-0.2, -0.15) is 0 Å². The van der Waals surface area contributed by atoms with Crippen molar-refractivity contribution >= 4 is 12.4 Å². The molecule has 0 fully saturated rings. The van der Waals surface area contributed by atoms with Crippen LogP contribution in [0.4, 0.5) is 0 Å². The third-order valence-corrected chi connectivity index (χ3v) is 1.85. The van der Waals surface area contributed by atoms with Gasteiger partial charge in [0.1, 0.15) is 12.0 Å². The summed E-state index contributed by atoms with van der Waals surface area (Å²) in [4.78, 5) is 10.5. The van der Waals surface area contributed by atoms with Crippen LogP contribution in [0.15, 0.2) is 29.8 Å². The molecular formula is C13H16O2. The zero-order valence-corrected chi connectivity index (χ0v) is 9.36. The number of rotatable bonds is 4. The van der Waals surface area contributed by atoms with Crippen LogP contribution in [0.5, 0.6) is 5.75 Å². The number of ether oxygens (including phenoxy) is 1. The van der Waals surface area contributed by atoms with E-state index in [1.165, 1.54) is 0 Å². The van der Waals surface area contributed by atoms with Crippen molar-refractivity contribution in [1.82, 2.24) is 0 Å². The number of allylic oxidation sites excluding steroid dienone is 1. The van der Waals surface area contributed by atoms with Gasteiger partial charge in [-0.05, 0) is 38.5 Å². The molecule has 2 heteroatoms. The van der Waals surface area contributed by atoms with Crippen molar-refractivity contribution < 1.29 is 9.53 Å². The number of para-hydroxylation sites is 1. The van der Waals surface area contributed by atoms with Crippen molar-refractivity contribution in [2.45, 2.75) is 26.9 Å². The van der Waals surface area contributed by atoms with Gasteiger partial charge in [-0.25, -0.2) is 0 Å². The summed E-state index contributed by atoms with van der Waals surface area (Å²) in [6, 6.07) is 7.69. The van der Waals surface area contributed by atoms with E-state index < -0.39 is 0 Å². The van der Waals surface area contributed by atoms with E-state index in [1.807, 2.05) is 44.2 Å². The number of carbonyl (C=O) groups is 1. The highest BCUT2D eigenvalue weighted by Gasteiger charge is 2.02. The third-order valence-electron chi connectivity index (χ3n) is 1.85. The predicted molar refractivity (Wildman–Crippen MR) is 61.9 cm³/mol. The monoisotopic (exact) mass is 204 g/mol. The van der Waals surface area contributed by atoms with E-state index in [-0.39, 0.29) is 6.10 Å². The lowest BCUT2D eigenvalue weighted by Crippen LogP contribution is -2.06. The molecule has 80 valence electrons. The van der Waals surface area contributed by atoms with Crippen LogP contribution in [0.1, 0.15) is 26.3 Å². The molecule has 2 nitrogen and oxygen atoms in total. The van der Waals surface area contributed by atoms with Crippen molar-refractivity contribution in [3.8, 4) is 5.75 Å². The summed E-state index contributed by atoms with van der Waals surface area (Å²) in [7, 11) is 0. The Bertz CT molecular complexity index is 365. The fourth-order valence-electron chi connectivity index (χ4n) is 1.24. The fourth-order valence-corrected chi connectivity index (χ4v) is 1.24. The SMILES string of the molecule is CC(C=O)=Cc1ccccc1OC(C)C. The number of benzene rings is 1. The van der Waals surface area contributed by atoms with Gasteiger partial charge in [0.25, 0.3) is 0 Å². The first-order valence-corrected chi connectivity index (χ1v) is 5.02. The molecule has 0 aliphatic rings. The van der Waals surface area contributed by atoms with E-state index in [0.717, 1.165) is 17.6 Å². The van der Waals surface area contributed by atoms with E-state index in [1.54, 1.807) is 6.92 Å². The second-order valence-electron chi connectivity index (χ2n) is 3.71. The highest BCUT2D eigenvalue weighted by molar-refractivity contribution is 5.81. The molecule has 0 unspecified atom stereocenters. The Balaban J connectivity index is 3.01. The van der Waals surface area contributed by atoms with Crippen LogP contribution in [0.2, 0.25) is 0 Å². The Kier molecular flexibility index (Phi) is 4.10. The van der Waals surface area contributed by atoms with Crippen LogP contribution in [-0.2, 0) is 4.79 Å². The maximum absolute atomic E-state index is 10.5. The molecule has 0 spiro atoms. The van der Waals surface area contributed by atoms with Crippen LogP contribution in [-0.4, -0.2) is 12.4 Å². The molecule has 0 N–H and O–H groups in total. The van der Waals surface area contributed by atoms with Crippen LogP contribution in [0.3, 0.4) is 0 Å². The van der Waals surface area contributed by atoms with E-state index >= 15 is 0 Å². The highest BCUT2D eigenvalue weighted by atomic mass is 16.5. The largest absolute Gasteiger partial charge is 0.490 e. The van der Waals surface area contributed by atoms with E-state index in [2.05, 4.69) is 0 Å². The maximum Gasteiger partial charge on any atom is 0.145 e. The minimum Gasteiger partial charge on any atom is -0.490 e. The Labute approximate surface area is 90.6 Å². The number of hydrogen-bond donors (Lipinski definition) is 0. The fraction of sp³-hybridized carbons (Fsp3) is 0.308. The van der Waals surface area contributed by atoms with Crippen molar-refractivity contribution in [2.75, 3.05) is 0 Å². The summed E-state index contributed by atoms with van der Waals surface area (Å²) in [5.41, 5.74) is 1.63. The van der Waals surface area contributed by atoms with Gasteiger partial charge in [-0.3, -0.25) is 4.79 Å². The first-order chi connectivity index (χ1) is 7.13. The van der Waals surface area contributed by atoms with Crippen LogP contribution >= 0.6 is 0 Å². The summed E-state index contributed by atoms with van der Waals surface area (Å²) < 4.78 is 5.63. The average molecular weight is 204 g/mol. The first kappa shape index (κ1) is 11.5. The van der Waals surface area contributed by atoms with E-state index in [0.29, 0.717) is 5.57 Å². The molecule has 0 saturated heterocycles. The third kappa shape index (κ3) is 3.58. The van der Waals surface area contributed by atoms with Gasteiger partial charge in [0.2, 0.25) is 0 Å². The molecule has 0 radical (unpaired) electrons. The maximum atomic E-state index is 10.5. The lowest BCUT2D eigenvalue weighted by molar-refractivity contribution is -0.104. The molecule has 0 aliphatic heterocycles. The number of aldehydes is 1. The smallest absolute Gasteiger partial charge is 0.145 e. The van der Waals surface area contributed by atoms with Gasteiger partial charge in [0, 0.05) is 5.56 Å². The number of hydrogen-bond acceptors (Lipinski definition) is 2. The van der Waals surface area contributed by atoms with Gasteiger partial charge < -0.3 is 4.74 Å². The normalized spacial score (nSPS) is 11.6. The molecule has 1 aromatic rings. The molecule has 0 atom stereocenters. The molecular weight excluding hydrogens is 188 g/mol. The zero-order chi connectivity index (χ0) is 11.3. The Hall–Kier alpha value is -1.57. The molecule has 0 bridgehead atoms. The molecule has 1 aromatic carbocycles. The Morgan fingerprint density at radius 3 is 2.60 bits per heavy atom. The predicted octanol–water partition coefficient (Wildman–Crippen LogP) is 3.08. The van der Waals surface area contributed by atoms with Crippen molar-refractivity contribution in [2.24, 2.45) is 0 Å². The Morgan fingerprint density at radius 1 is 1.33 bits per heavy atom. The van der Waals surface area contributed by atoms with Gasteiger partial charge in [0.05, 0.1) is 6.10 Å². The lowest BCUT2D eigenvalue weighted by atomic mass is 10.1. The summed E-state index contributed by atoms with van der Waals surface area (Å²) in [6.45, 7) is 5.74. The Morgan fingerprint density at radius 2 is 2.00 bits per heavy atom. The molecule has 0 amide bonds. The van der Waals surface area contributed by atoms with E-state index in [4.69, 9.17) is 4.74 Å². The molecule has 0 aliphatic carbocycles. The standard InChI is InChI=1S/C13H16O2/c1-10(2)15-13-7-5-4-6-12(13)8-11(3)9-14/h4-10H,1-3H3. The quantitative estimate of drug-likeness (QED) is 0.556. The molecule has 0 aromatic heterocycles. The number of carbonyl (C=O) groups excluding carboxylic acids is 1. The minimum atomic E-state index is 0.135. The van der Waals surface area contributed by atoms with E-state index in [9.17, 15) is 4.79 Å². The average Bonchev–Trinajstić information content (AvgIpc) is 2.20. The summed E-state index contributed by atoms with van der Waals surface area (Å²) in [6.07, 6.45) is 2.80. The first-order valence-electron chi connectivity index (χ1n) is 5.02. The van der Waals surface area contributed by atoms with Crippen molar-refractivity contribution in [3.63, 3.8) is 0 Å². The van der Waals surface area contributed by atoms with Gasteiger partial charge >= 0.3 is 0 Å². The second-order valence-corrected chi connectivity index (χ2v) is 3.71. The molecule has 1 rings (SSSR count). The van der Waals surface area contributed by atoms with Crippen molar-refractivity contribution in [3.05, 3.63) is 35.4 Å². The van der Waals surface area contributed by atoms with Gasteiger partial charge in [-0.15, -0.1) is 0 Å². The summed E-state index contributed by atoms with van der Waals surface area (Å²) >= 11 is 0. The topological polar surface area (TPSA) is 26.3 Å². The van der Waals surface area contributed by atoms with Gasteiger partial charge in [-0.1, -0.05) is 18.2 Å². The summed E-state index contributed by atoms with van der Waals surface area (Å²) in [5, 5.41) is 0. The molecule has 0 heterocycles. The lowest BCUT2D eigenvalue weighted by Gasteiger charge is -2.12. The molecule has 0 saturated carbocycles. The zero-order valence-electron chi connectivity index (χ0n) is 9.36. The van der Waals surface area contributed by atoms with Gasteiger partial charge in [0.15, 0.2) is 0 Å². The van der Waals surface area contributed by atoms with Crippen LogP contribution < -0.4 is 4.74 Å². The molecule has 15 heavy (non-hydrogen) atoms. The van der Waals surface area contributed by atoms with Crippen molar-refractivity contribution in [1.29, 1.82) is 0 Å². The van der Waals surface area contributed by atoms with Crippen LogP contribution in [0, 0.1) is 0 Å². The second kappa shape index (κ2) is 5.35. The minimum absolute atomic E-state index is 0.135.